The maximum atomic E-state index is 11.4. The molecule has 0 heterocycles. The van der Waals surface area contributed by atoms with Gasteiger partial charge in [0.1, 0.15) is 0 Å². The molecule has 0 aromatic rings. The van der Waals surface area contributed by atoms with E-state index in [1.54, 1.807) is 0 Å². The lowest BCUT2D eigenvalue weighted by atomic mass is 10.3. The van der Waals surface area contributed by atoms with Gasteiger partial charge in [-0.25, -0.2) is 0 Å². The second-order valence-corrected chi connectivity index (χ2v) is 10.3. The first-order valence-corrected chi connectivity index (χ1v) is 17.9. The molecule has 0 radical (unpaired) electrons. The molecule has 0 atom stereocenters. The quantitative estimate of drug-likeness (QED) is 0.0673. The Morgan fingerprint density at radius 2 is 0.608 bits per heavy atom. The van der Waals surface area contributed by atoms with E-state index in [9.17, 15) is 9.59 Å². The minimum absolute atomic E-state index is 0.0121. The van der Waals surface area contributed by atoms with E-state index in [0.717, 1.165) is 0 Å². The summed E-state index contributed by atoms with van der Waals surface area (Å²) >= 11 is 0. The molecule has 0 aromatic heterocycles. The highest BCUT2D eigenvalue weighted by Crippen LogP contribution is 1.90. The van der Waals surface area contributed by atoms with Crippen LogP contribution in [0, 0.1) is 0 Å². The number of carbonyl (C=O) groups is 2. The average Bonchev–Trinajstić information content (AvgIpc) is 3.12. The molecular weight excluding hydrogens is 680 g/mol. The van der Waals surface area contributed by atoms with Gasteiger partial charge in [-0.05, 0) is 6.42 Å². The Balaban J connectivity index is 3.08. The zero-order chi connectivity index (χ0) is 37.0. The molecule has 304 valence electrons. The lowest BCUT2D eigenvalue weighted by Crippen LogP contribution is -2.25. The summed E-state index contributed by atoms with van der Waals surface area (Å²) in [5.41, 5.74) is 5.33. The molecule has 0 saturated heterocycles. The first kappa shape index (κ1) is 49.4. The Labute approximate surface area is 303 Å². The van der Waals surface area contributed by atoms with E-state index >= 15 is 0 Å². The molecule has 0 rings (SSSR count). The second-order valence-electron chi connectivity index (χ2n) is 10.3. The maximum Gasteiger partial charge on any atom is 0.303 e. The van der Waals surface area contributed by atoms with Gasteiger partial charge in [0.05, 0.1) is 172 Å². The topological polar surface area (TPSA) is 212 Å². The second kappa shape index (κ2) is 44.5. The van der Waals surface area contributed by atoms with Crippen LogP contribution >= 0.6 is 0 Å². The summed E-state index contributed by atoms with van der Waals surface area (Å²) in [6.45, 7) is 13.8. The van der Waals surface area contributed by atoms with Gasteiger partial charge in [-0.1, -0.05) is 0 Å². The lowest BCUT2D eigenvalue weighted by Gasteiger charge is -2.09. The molecule has 4 N–H and O–H groups in total. The molecule has 0 unspecified atom stereocenters. The number of carboxylic acid groups (broad SMARTS) is 1. The van der Waals surface area contributed by atoms with Crippen molar-refractivity contribution >= 4 is 11.9 Å². The summed E-state index contributed by atoms with van der Waals surface area (Å²) < 4.78 is 70.5. The molecular formula is C33H66N2O16. The summed E-state index contributed by atoms with van der Waals surface area (Å²) in [4.78, 5) is 21.8. The SMILES string of the molecule is NCCOCCOCCOCCOCCOCCOCCOCCOCCOCCOCCOCCOCCOCCCNC(=O)CCC(=O)O. The molecule has 0 aliphatic carbocycles. The van der Waals surface area contributed by atoms with E-state index in [1.807, 2.05) is 0 Å². The molecule has 0 spiro atoms. The number of rotatable bonds is 45. The molecule has 51 heavy (non-hydrogen) atoms. The van der Waals surface area contributed by atoms with Crippen LogP contribution in [0.4, 0.5) is 0 Å². The largest absolute Gasteiger partial charge is 0.481 e. The number of hydrogen-bond donors (Lipinski definition) is 3. The van der Waals surface area contributed by atoms with E-state index in [4.69, 9.17) is 72.4 Å². The molecule has 0 aromatic carbocycles. The van der Waals surface area contributed by atoms with Gasteiger partial charge in [0.25, 0.3) is 0 Å². The van der Waals surface area contributed by atoms with Gasteiger partial charge in [0.2, 0.25) is 5.91 Å². The number of amides is 1. The van der Waals surface area contributed by atoms with Gasteiger partial charge in [0.15, 0.2) is 0 Å². The van der Waals surface area contributed by atoms with Crippen LogP contribution in [0.1, 0.15) is 19.3 Å². The Hall–Kier alpha value is -1.62. The standard InChI is InChI=1S/C33H66N2O16/c34-4-7-40-9-11-42-13-15-44-17-19-46-21-23-48-25-27-50-29-31-51-30-28-49-26-24-47-22-20-45-18-16-43-14-12-41-10-8-39-6-1-5-35-32(36)2-3-33(37)38/h1-31,34H2,(H,35,36)(H,37,38). The summed E-state index contributed by atoms with van der Waals surface area (Å²) in [7, 11) is 0. The normalized spacial score (nSPS) is 11.4. The zero-order valence-corrected chi connectivity index (χ0v) is 30.6. The molecule has 0 aliphatic heterocycles. The molecule has 0 aliphatic rings. The third kappa shape index (κ3) is 46.4. The summed E-state index contributed by atoms with van der Waals surface area (Å²) in [5.74, 6) is -1.25. The minimum Gasteiger partial charge on any atom is -0.481 e. The predicted molar refractivity (Wildman–Crippen MR) is 184 cm³/mol. The number of aliphatic carboxylic acids is 1. The highest BCUT2D eigenvalue weighted by molar-refractivity contribution is 5.80. The van der Waals surface area contributed by atoms with Gasteiger partial charge in [0, 0.05) is 26.1 Å². The number of carboxylic acids is 1. The van der Waals surface area contributed by atoms with Crippen LogP contribution < -0.4 is 11.1 Å². The van der Waals surface area contributed by atoms with Gasteiger partial charge in [-0.3, -0.25) is 9.59 Å². The molecule has 0 bridgehead atoms. The van der Waals surface area contributed by atoms with E-state index < -0.39 is 5.97 Å². The highest BCUT2D eigenvalue weighted by atomic mass is 16.6. The van der Waals surface area contributed by atoms with Crippen LogP contribution in [0.15, 0.2) is 0 Å². The van der Waals surface area contributed by atoms with Crippen molar-refractivity contribution in [1.29, 1.82) is 0 Å². The van der Waals surface area contributed by atoms with E-state index in [1.165, 1.54) is 0 Å². The Kier molecular flexibility index (Phi) is 43.1. The molecule has 1 amide bonds. The number of ether oxygens (including phenoxy) is 13. The lowest BCUT2D eigenvalue weighted by molar-refractivity contribution is -0.138. The molecule has 0 fully saturated rings. The monoisotopic (exact) mass is 746 g/mol. The van der Waals surface area contributed by atoms with Crippen LogP contribution in [0.25, 0.3) is 0 Å². The van der Waals surface area contributed by atoms with Crippen LogP contribution in [-0.4, -0.2) is 202 Å². The van der Waals surface area contributed by atoms with Crippen molar-refractivity contribution in [2.75, 3.05) is 185 Å². The Morgan fingerprint density at radius 1 is 0.373 bits per heavy atom. The van der Waals surface area contributed by atoms with Crippen molar-refractivity contribution < 1.29 is 76.3 Å². The number of nitrogens with two attached hydrogens (primary N) is 1. The minimum atomic E-state index is -0.984. The van der Waals surface area contributed by atoms with Crippen LogP contribution in [0.3, 0.4) is 0 Å². The molecule has 18 nitrogen and oxygen atoms in total. The summed E-state index contributed by atoms with van der Waals surface area (Å²) in [6, 6.07) is 0. The number of nitrogens with one attached hydrogen (secondary N) is 1. The van der Waals surface area contributed by atoms with Crippen molar-refractivity contribution in [2.45, 2.75) is 19.3 Å². The van der Waals surface area contributed by atoms with Crippen LogP contribution in [-0.2, 0) is 71.2 Å². The smallest absolute Gasteiger partial charge is 0.303 e. The molecule has 0 saturated carbocycles. The van der Waals surface area contributed by atoms with Crippen molar-refractivity contribution in [2.24, 2.45) is 5.73 Å². The van der Waals surface area contributed by atoms with E-state index in [2.05, 4.69) is 5.32 Å². The first-order chi connectivity index (χ1) is 25.2. The number of carbonyl (C=O) groups excluding carboxylic acids is 1. The van der Waals surface area contributed by atoms with Gasteiger partial charge in [-0.2, -0.15) is 0 Å². The van der Waals surface area contributed by atoms with E-state index in [0.29, 0.717) is 191 Å². The van der Waals surface area contributed by atoms with Crippen molar-refractivity contribution in [1.82, 2.24) is 5.32 Å². The van der Waals surface area contributed by atoms with Gasteiger partial charge in [-0.15, -0.1) is 0 Å². The third-order valence-electron chi connectivity index (χ3n) is 6.08. The van der Waals surface area contributed by atoms with Crippen molar-refractivity contribution in [3.8, 4) is 0 Å². The van der Waals surface area contributed by atoms with Gasteiger partial charge < -0.3 is 77.7 Å². The highest BCUT2D eigenvalue weighted by Gasteiger charge is 2.04. The fourth-order valence-electron chi connectivity index (χ4n) is 3.54. The third-order valence-corrected chi connectivity index (χ3v) is 6.08. The Bertz CT molecular complexity index is 714. The van der Waals surface area contributed by atoms with Crippen molar-refractivity contribution in [3.63, 3.8) is 0 Å². The van der Waals surface area contributed by atoms with E-state index in [-0.39, 0.29) is 18.7 Å². The first-order valence-electron chi connectivity index (χ1n) is 17.9. The summed E-state index contributed by atoms with van der Waals surface area (Å²) in [6.07, 6.45) is 0.471. The average molecular weight is 747 g/mol. The predicted octanol–water partition coefficient (Wildman–Crippen LogP) is -0.468. The fraction of sp³-hybridized carbons (Fsp3) is 0.939. The Morgan fingerprint density at radius 3 is 0.843 bits per heavy atom. The van der Waals surface area contributed by atoms with Crippen LogP contribution in [0.5, 0.6) is 0 Å². The van der Waals surface area contributed by atoms with Crippen LogP contribution in [0.2, 0.25) is 0 Å². The van der Waals surface area contributed by atoms with Gasteiger partial charge >= 0.3 is 5.97 Å². The maximum absolute atomic E-state index is 11.4. The summed E-state index contributed by atoms with van der Waals surface area (Å²) in [5, 5.41) is 11.2. The molecule has 18 heteroatoms. The number of hydrogen-bond acceptors (Lipinski definition) is 16. The fourth-order valence-corrected chi connectivity index (χ4v) is 3.54. The zero-order valence-electron chi connectivity index (χ0n) is 30.6. The van der Waals surface area contributed by atoms with Crippen molar-refractivity contribution in [3.05, 3.63) is 0 Å².